The highest BCUT2D eigenvalue weighted by atomic mass is 16.7. The third kappa shape index (κ3) is 2.59. The first-order valence-electron chi connectivity index (χ1n) is 5.23. The minimum atomic E-state index is 0.0568. The van der Waals surface area contributed by atoms with Gasteiger partial charge in [0.2, 0.25) is 6.41 Å². The Kier molecular flexibility index (Phi) is 4.46. The van der Waals surface area contributed by atoms with Gasteiger partial charge in [-0.05, 0) is 18.9 Å². The SMILES string of the molecule is CN1OCCC1(C)c1ccccc1.NC=O. The van der Waals surface area contributed by atoms with E-state index in [1.54, 1.807) is 0 Å². The van der Waals surface area contributed by atoms with E-state index in [1.807, 2.05) is 18.2 Å². The second-order valence-corrected chi connectivity index (χ2v) is 3.86. The fraction of sp³-hybridized carbons (Fsp3) is 0.417. The molecule has 4 heteroatoms. The molecule has 0 radical (unpaired) electrons. The number of nitrogens with two attached hydrogens (primary N) is 1. The second kappa shape index (κ2) is 5.63. The van der Waals surface area contributed by atoms with Gasteiger partial charge in [-0.1, -0.05) is 30.3 Å². The van der Waals surface area contributed by atoms with Gasteiger partial charge in [0.15, 0.2) is 0 Å². The quantitative estimate of drug-likeness (QED) is 0.728. The largest absolute Gasteiger partial charge is 0.372 e. The van der Waals surface area contributed by atoms with E-state index in [2.05, 4.69) is 36.9 Å². The molecule has 0 aliphatic carbocycles. The summed E-state index contributed by atoms with van der Waals surface area (Å²) in [6.07, 6.45) is 1.31. The van der Waals surface area contributed by atoms with Gasteiger partial charge in [-0.25, -0.2) is 0 Å². The molecule has 2 N–H and O–H groups in total. The lowest BCUT2D eigenvalue weighted by Gasteiger charge is -2.30. The van der Waals surface area contributed by atoms with Crippen molar-refractivity contribution < 1.29 is 9.63 Å². The van der Waals surface area contributed by atoms with Crippen LogP contribution >= 0.6 is 0 Å². The first kappa shape index (κ1) is 12.7. The third-order valence-corrected chi connectivity index (χ3v) is 2.96. The molecule has 1 fully saturated rings. The summed E-state index contributed by atoms with van der Waals surface area (Å²) in [6.45, 7) is 3.04. The maximum atomic E-state index is 8.58. The van der Waals surface area contributed by atoms with E-state index in [4.69, 9.17) is 9.63 Å². The number of hydroxylamine groups is 2. The van der Waals surface area contributed by atoms with Crippen LogP contribution in [0.25, 0.3) is 0 Å². The fourth-order valence-electron chi connectivity index (χ4n) is 1.80. The van der Waals surface area contributed by atoms with Crippen LogP contribution in [0, 0.1) is 0 Å². The minimum Gasteiger partial charge on any atom is -0.372 e. The monoisotopic (exact) mass is 222 g/mol. The zero-order valence-electron chi connectivity index (χ0n) is 9.72. The fourth-order valence-corrected chi connectivity index (χ4v) is 1.80. The number of hydrogen-bond acceptors (Lipinski definition) is 3. The lowest BCUT2D eigenvalue weighted by molar-refractivity contribution is -0.140. The number of carbonyl (C=O) groups is 1. The molecule has 0 aromatic heterocycles. The molecule has 2 rings (SSSR count). The van der Waals surface area contributed by atoms with E-state index >= 15 is 0 Å². The molecule has 0 bridgehead atoms. The molecule has 1 aliphatic rings. The molecule has 1 amide bonds. The number of rotatable bonds is 1. The van der Waals surface area contributed by atoms with Crippen molar-refractivity contribution in [3.8, 4) is 0 Å². The smallest absolute Gasteiger partial charge is 0.204 e. The van der Waals surface area contributed by atoms with Crippen molar-refractivity contribution in [3.63, 3.8) is 0 Å². The number of nitrogens with zero attached hydrogens (tertiary/aromatic N) is 1. The van der Waals surface area contributed by atoms with Crippen LogP contribution in [0.4, 0.5) is 0 Å². The molecule has 1 aliphatic heterocycles. The van der Waals surface area contributed by atoms with Crippen molar-refractivity contribution in [2.45, 2.75) is 18.9 Å². The van der Waals surface area contributed by atoms with Gasteiger partial charge < -0.3 is 5.73 Å². The molecule has 1 heterocycles. The van der Waals surface area contributed by atoms with Crippen molar-refractivity contribution in [1.29, 1.82) is 0 Å². The van der Waals surface area contributed by atoms with Crippen molar-refractivity contribution in [2.24, 2.45) is 5.73 Å². The molecule has 1 aromatic rings. The molecule has 0 spiro atoms. The van der Waals surface area contributed by atoms with Crippen LogP contribution in [-0.2, 0) is 15.2 Å². The van der Waals surface area contributed by atoms with Gasteiger partial charge in [0.1, 0.15) is 0 Å². The summed E-state index contributed by atoms with van der Waals surface area (Å²) in [4.78, 5) is 14.0. The van der Waals surface area contributed by atoms with Gasteiger partial charge in [-0.2, -0.15) is 5.06 Å². The molecule has 4 nitrogen and oxygen atoms in total. The first-order chi connectivity index (χ1) is 7.65. The van der Waals surface area contributed by atoms with Crippen LogP contribution in [0.1, 0.15) is 18.9 Å². The Labute approximate surface area is 95.9 Å². The predicted octanol–water partition coefficient (Wildman–Crippen LogP) is 1.27. The number of primary amides is 1. The molecule has 88 valence electrons. The number of carbonyl (C=O) groups excluding carboxylic acids is 1. The summed E-state index contributed by atoms with van der Waals surface area (Å²) in [5.74, 6) is 0. The highest BCUT2D eigenvalue weighted by molar-refractivity contribution is 5.42. The summed E-state index contributed by atoms with van der Waals surface area (Å²) in [7, 11) is 2.00. The number of amides is 1. The van der Waals surface area contributed by atoms with E-state index in [-0.39, 0.29) is 11.9 Å². The topological polar surface area (TPSA) is 55.6 Å². The predicted molar refractivity (Wildman–Crippen MR) is 62.4 cm³/mol. The lowest BCUT2D eigenvalue weighted by atomic mass is 9.90. The van der Waals surface area contributed by atoms with Crippen LogP contribution in [0.5, 0.6) is 0 Å². The van der Waals surface area contributed by atoms with Crippen LogP contribution < -0.4 is 5.73 Å². The maximum Gasteiger partial charge on any atom is 0.204 e. The Morgan fingerprint density at radius 2 is 2.00 bits per heavy atom. The molecule has 0 saturated carbocycles. The van der Waals surface area contributed by atoms with Crippen LogP contribution in [0.2, 0.25) is 0 Å². The molecular formula is C12H18N2O2. The highest BCUT2D eigenvalue weighted by Gasteiger charge is 2.36. The molecular weight excluding hydrogens is 204 g/mol. The van der Waals surface area contributed by atoms with Gasteiger partial charge in [-0.15, -0.1) is 0 Å². The Bertz CT molecular complexity index is 329. The lowest BCUT2D eigenvalue weighted by Crippen LogP contribution is -2.34. The van der Waals surface area contributed by atoms with Crippen molar-refractivity contribution in [3.05, 3.63) is 35.9 Å². The van der Waals surface area contributed by atoms with Crippen molar-refractivity contribution in [2.75, 3.05) is 13.7 Å². The average molecular weight is 222 g/mol. The van der Waals surface area contributed by atoms with E-state index < -0.39 is 0 Å². The summed E-state index contributed by atoms with van der Waals surface area (Å²) in [6, 6.07) is 10.5. The zero-order chi connectivity index (χ0) is 12.0. The van der Waals surface area contributed by atoms with Crippen LogP contribution in [-0.4, -0.2) is 25.1 Å². The maximum absolute atomic E-state index is 8.58. The summed E-state index contributed by atoms with van der Waals surface area (Å²) in [5.41, 5.74) is 5.55. The third-order valence-electron chi connectivity index (χ3n) is 2.96. The summed E-state index contributed by atoms with van der Waals surface area (Å²) >= 11 is 0. The van der Waals surface area contributed by atoms with E-state index in [0.29, 0.717) is 0 Å². The Morgan fingerprint density at radius 1 is 1.44 bits per heavy atom. The molecule has 1 aromatic carbocycles. The number of hydrogen-bond donors (Lipinski definition) is 1. The van der Waals surface area contributed by atoms with Gasteiger partial charge in [0.25, 0.3) is 0 Å². The van der Waals surface area contributed by atoms with Crippen molar-refractivity contribution in [1.82, 2.24) is 5.06 Å². The first-order valence-corrected chi connectivity index (χ1v) is 5.23. The minimum absolute atomic E-state index is 0.0568. The van der Waals surface area contributed by atoms with Crippen LogP contribution in [0.3, 0.4) is 0 Å². The van der Waals surface area contributed by atoms with Crippen LogP contribution in [0.15, 0.2) is 30.3 Å². The van der Waals surface area contributed by atoms with Gasteiger partial charge in [-0.3, -0.25) is 9.63 Å². The van der Waals surface area contributed by atoms with E-state index in [1.165, 1.54) is 5.56 Å². The normalized spacial score (nSPS) is 24.6. The van der Waals surface area contributed by atoms with E-state index in [9.17, 15) is 0 Å². The molecule has 1 atom stereocenters. The standard InChI is InChI=1S/C11H15NO.CH3NO/c1-11(8-9-13-12(11)2)10-6-4-3-5-7-10;2-1-3/h3-7H,8-9H2,1-2H3;1H,(H2,2,3). The molecule has 16 heavy (non-hydrogen) atoms. The average Bonchev–Trinajstić information content (AvgIpc) is 2.63. The Balaban J connectivity index is 0.000000386. The molecule has 1 unspecified atom stereocenters. The van der Waals surface area contributed by atoms with Crippen molar-refractivity contribution >= 4 is 6.41 Å². The molecule has 1 saturated heterocycles. The second-order valence-electron chi connectivity index (χ2n) is 3.86. The van der Waals surface area contributed by atoms with Gasteiger partial charge in [0, 0.05) is 7.05 Å². The zero-order valence-corrected chi connectivity index (χ0v) is 9.72. The Hall–Kier alpha value is -1.39. The Morgan fingerprint density at radius 3 is 2.44 bits per heavy atom. The van der Waals surface area contributed by atoms with Gasteiger partial charge in [0.05, 0.1) is 12.1 Å². The summed E-state index contributed by atoms with van der Waals surface area (Å²) in [5, 5.41) is 1.96. The van der Waals surface area contributed by atoms with Gasteiger partial charge >= 0.3 is 0 Å². The van der Waals surface area contributed by atoms with E-state index in [0.717, 1.165) is 13.0 Å². The highest BCUT2D eigenvalue weighted by Crippen LogP contribution is 2.35. The summed E-state index contributed by atoms with van der Waals surface area (Å²) < 4.78 is 0. The number of benzene rings is 1.